The lowest BCUT2D eigenvalue weighted by molar-refractivity contribution is 0.306. The van der Waals surface area contributed by atoms with Crippen molar-refractivity contribution in [2.45, 2.75) is 6.61 Å². The molecule has 0 atom stereocenters. The standard InChI is InChI=1S/C23H19N3O2/c24-14-18(23-26-21-11-4-5-12-22(21)28-23)15-25-19-9-6-10-20(13-19)27-16-17-7-2-1-3-8-17/h1-15,24-25H,16H2/b18-15+,24-14?. The molecule has 4 rings (SSSR count). The van der Waals surface area contributed by atoms with E-state index in [0.29, 0.717) is 23.7 Å². The summed E-state index contributed by atoms with van der Waals surface area (Å²) in [5, 5.41) is 10.9. The second kappa shape index (κ2) is 8.22. The maximum absolute atomic E-state index is 7.68. The number of fused-ring (bicyclic) bond motifs is 1. The van der Waals surface area contributed by atoms with Crippen LogP contribution >= 0.6 is 0 Å². The van der Waals surface area contributed by atoms with Gasteiger partial charge in [0.2, 0.25) is 5.89 Å². The van der Waals surface area contributed by atoms with Gasteiger partial charge in [0, 0.05) is 24.2 Å². The lowest BCUT2D eigenvalue weighted by Gasteiger charge is -2.08. The number of anilines is 1. The maximum atomic E-state index is 7.68. The summed E-state index contributed by atoms with van der Waals surface area (Å²) < 4.78 is 11.6. The van der Waals surface area contributed by atoms with Crippen LogP contribution in [0.25, 0.3) is 16.7 Å². The molecule has 0 fully saturated rings. The van der Waals surface area contributed by atoms with Crippen LogP contribution in [0.5, 0.6) is 5.75 Å². The van der Waals surface area contributed by atoms with E-state index in [1.54, 1.807) is 6.20 Å². The van der Waals surface area contributed by atoms with Crippen molar-refractivity contribution in [1.82, 2.24) is 4.98 Å². The predicted molar refractivity (Wildman–Crippen MR) is 112 cm³/mol. The van der Waals surface area contributed by atoms with Gasteiger partial charge in [0.25, 0.3) is 0 Å². The van der Waals surface area contributed by atoms with Gasteiger partial charge in [0.05, 0.1) is 5.57 Å². The first-order chi connectivity index (χ1) is 13.8. The number of allylic oxidation sites excluding steroid dienone is 1. The first kappa shape index (κ1) is 17.5. The van der Waals surface area contributed by atoms with Crippen molar-refractivity contribution in [1.29, 1.82) is 5.41 Å². The molecule has 0 saturated heterocycles. The highest BCUT2D eigenvalue weighted by Gasteiger charge is 2.08. The average molecular weight is 369 g/mol. The van der Waals surface area contributed by atoms with Gasteiger partial charge in [-0.3, -0.25) is 0 Å². The topological polar surface area (TPSA) is 71.1 Å². The van der Waals surface area contributed by atoms with Gasteiger partial charge in [-0.25, -0.2) is 4.98 Å². The van der Waals surface area contributed by atoms with E-state index in [-0.39, 0.29) is 0 Å². The molecule has 0 spiro atoms. The molecule has 138 valence electrons. The minimum atomic E-state index is 0.403. The van der Waals surface area contributed by atoms with Gasteiger partial charge in [-0.1, -0.05) is 48.5 Å². The number of rotatable bonds is 7. The van der Waals surface area contributed by atoms with Crippen LogP contribution < -0.4 is 10.1 Å². The molecule has 0 saturated carbocycles. The largest absolute Gasteiger partial charge is 0.489 e. The van der Waals surface area contributed by atoms with Gasteiger partial charge in [0.15, 0.2) is 5.58 Å². The van der Waals surface area contributed by atoms with Crippen LogP contribution in [0.15, 0.2) is 89.5 Å². The van der Waals surface area contributed by atoms with Crippen molar-refractivity contribution in [3.8, 4) is 5.75 Å². The summed E-state index contributed by atoms with van der Waals surface area (Å²) in [7, 11) is 0. The number of ether oxygens (including phenoxy) is 1. The van der Waals surface area contributed by atoms with E-state index in [4.69, 9.17) is 14.6 Å². The van der Waals surface area contributed by atoms with E-state index in [1.807, 2.05) is 78.9 Å². The van der Waals surface area contributed by atoms with Gasteiger partial charge >= 0.3 is 0 Å². The lowest BCUT2D eigenvalue weighted by Crippen LogP contribution is -1.97. The van der Waals surface area contributed by atoms with Crippen LogP contribution in [-0.4, -0.2) is 11.2 Å². The van der Waals surface area contributed by atoms with Crippen LogP contribution in [0.2, 0.25) is 0 Å². The number of para-hydroxylation sites is 2. The molecule has 3 aromatic carbocycles. The number of benzene rings is 3. The molecule has 1 heterocycles. The first-order valence-electron chi connectivity index (χ1n) is 8.92. The quantitative estimate of drug-likeness (QED) is 0.421. The fourth-order valence-electron chi connectivity index (χ4n) is 2.74. The molecule has 4 aromatic rings. The van der Waals surface area contributed by atoms with Crippen molar-refractivity contribution in [3.63, 3.8) is 0 Å². The Labute approximate surface area is 162 Å². The van der Waals surface area contributed by atoms with Gasteiger partial charge in [-0.2, -0.15) is 0 Å². The molecule has 0 bridgehead atoms. The monoisotopic (exact) mass is 369 g/mol. The molecule has 28 heavy (non-hydrogen) atoms. The summed E-state index contributed by atoms with van der Waals surface area (Å²) >= 11 is 0. The van der Waals surface area contributed by atoms with Gasteiger partial charge in [-0.15, -0.1) is 0 Å². The highest BCUT2D eigenvalue weighted by Crippen LogP contribution is 2.22. The molecular formula is C23H19N3O2. The Morgan fingerprint density at radius 3 is 2.64 bits per heavy atom. The van der Waals surface area contributed by atoms with E-state index in [0.717, 1.165) is 22.5 Å². The smallest absolute Gasteiger partial charge is 0.230 e. The van der Waals surface area contributed by atoms with E-state index in [9.17, 15) is 0 Å². The summed E-state index contributed by atoms with van der Waals surface area (Å²) in [6, 6.07) is 25.2. The van der Waals surface area contributed by atoms with Gasteiger partial charge < -0.3 is 19.9 Å². The van der Waals surface area contributed by atoms with Crippen molar-refractivity contribution in [3.05, 3.63) is 96.5 Å². The fraction of sp³-hybridized carbons (Fsp3) is 0.0435. The summed E-state index contributed by atoms with van der Waals surface area (Å²) in [4.78, 5) is 4.43. The Morgan fingerprint density at radius 1 is 1.00 bits per heavy atom. The second-order valence-electron chi connectivity index (χ2n) is 6.18. The summed E-state index contributed by atoms with van der Waals surface area (Å²) in [5.74, 6) is 1.17. The second-order valence-corrected chi connectivity index (χ2v) is 6.18. The zero-order valence-electron chi connectivity index (χ0n) is 15.1. The molecule has 0 amide bonds. The van der Waals surface area contributed by atoms with Gasteiger partial charge in [0.1, 0.15) is 17.9 Å². The van der Waals surface area contributed by atoms with Crippen molar-refractivity contribution in [2.75, 3.05) is 5.32 Å². The van der Waals surface area contributed by atoms with E-state index < -0.39 is 0 Å². The van der Waals surface area contributed by atoms with E-state index >= 15 is 0 Å². The highest BCUT2D eigenvalue weighted by molar-refractivity contribution is 6.07. The summed E-state index contributed by atoms with van der Waals surface area (Å²) in [6.07, 6.45) is 2.92. The minimum Gasteiger partial charge on any atom is -0.489 e. The van der Waals surface area contributed by atoms with Crippen molar-refractivity contribution < 1.29 is 9.15 Å². The molecule has 5 nitrogen and oxygen atoms in total. The Hall–Kier alpha value is -3.86. The Morgan fingerprint density at radius 2 is 1.82 bits per heavy atom. The number of hydrogen-bond acceptors (Lipinski definition) is 5. The summed E-state index contributed by atoms with van der Waals surface area (Å²) in [6.45, 7) is 0.509. The zero-order chi connectivity index (χ0) is 19.2. The van der Waals surface area contributed by atoms with Crippen LogP contribution in [0.1, 0.15) is 11.5 Å². The summed E-state index contributed by atoms with van der Waals surface area (Å²) in [5.41, 5.74) is 3.97. The predicted octanol–water partition coefficient (Wildman–Crippen LogP) is 5.51. The third-order valence-corrected chi connectivity index (χ3v) is 4.17. The molecule has 0 aliphatic carbocycles. The van der Waals surface area contributed by atoms with Crippen molar-refractivity contribution in [2.24, 2.45) is 0 Å². The van der Waals surface area contributed by atoms with Crippen LogP contribution in [0.4, 0.5) is 5.69 Å². The first-order valence-corrected chi connectivity index (χ1v) is 8.92. The zero-order valence-corrected chi connectivity index (χ0v) is 15.1. The number of oxazole rings is 1. The molecule has 5 heteroatoms. The molecule has 0 aliphatic heterocycles. The normalized spacial score (nSPS) is 11.4. The van der Waals surface area contributed by atoms with Crippen LogP contribution in [0.3, 0.4) is 0 Å². The Balaban J connectivity index is 1.47. The maximum Gasteiger partial charge on any atom is 0.230 e. The van der Waals surface area contributed by atoms with E-state index in [2.05, 4.69) is 10.3 Å². The lowest BCUT2D eigenvalue weighted by atomic mass is 10.2. The molecule has 0 unspecified atom stereocenters. The molecule has 1 aromatic heterocycles. The number of hydrogen-bond donors (Lipinski definition) is 2. The third-order valence-electron chi connectivity index (χ3n) is 4.17. The van der Waals surface area contributed by atoms with Crippen LogP contribution in [-0.2, 0) is 6.61 Å². The molecule has 0 aliphatic rings. The average Bonchev–Trinajstić information content (AvgIpc) is 3.18. The Kier molecular flexibility index (Phi) is 5.15. The van der Waals surface area contributed by atoms with Crippen LogP contribution in [0, 0.1) is 5.41 Å². The number of nitrogens with zero attached hydrogens (tertiary/aromatic N) is 1. The molecule has 2 N–H and O–H groups in total. The molecule has 0 radical (unpaired) electrons. The highest BCUT2D eigenvalue weighted by atomic mass is 16.5. The van der Waals surface area contributed by atoms with Crippen molar-refractivity contribution >= 4 is 28.6 Å². The van der Waals surface area contributed by atoms with Gasteiger partial charge in [-0.05, 0) is 29.8 Å². The Bertz CT molecular complexity index is 1080. The fourth-order valence-corrected chi connectivity index (χ4v) is 2.74. The minimum absolute atomic E-state index is 0.403. The van der Waals surface area contributed by atoms with E-state index in [1.165, 1.54) is 6.21 Å². The molecular weight excluding hydrogens is 350 g/mol. The SMILES string of the molecule is N=C/C(=C\Nc1cccc(OCc2ccccc2)c1)c1nc2ccccc2o1. The number of nitrogens with one attached hydrogen (secondary N) is 2. The number of aromatic nitrogens is 1. The third kappa shape index (κ3) is 4.10.